The maximum atomic E-state index is 12.8. The molecule has 8 heteroatoms. The summed E-state index contributed by atoms with van der Waals surface area (Å²) in [5.74, 6) is 0.519. The molecule has 1 amide bonds. The Morgan fingerprint density at radius 3 is 2.71 bits per heavy atom. The maximum absolute atomic E-state index is 12.8. The fraction of sp³-hybridized carbons (Fsp3) is 0.538. The Morgan fingerprint density at radius 1 is 1.38 bits per heavy atom. The number of carboxylic acids is 1. The first-order chi connectivity index (χ1) is 9.95. The minimum atomic E-state index is -0.966. The lowest BCUT2D eigenvalue weighted by atomic mass is 10.1. The minimum absolute atomic E-state index is 0.287. The molecule has 1 fully saturated rings. The van der Waals surface area contributed by atoms with E-state index in [-0.39, 0.29) is 5.91 Å². The fourth-order valence-electron chi connectivity index (χ4n) is 2.27. The van der Waals surface area contributed by atoms with E-state index in [4.69, 9.17) is 0 Å². The van der Waals surface area contributed by atoms with Gasteiger partial charge in [-0.05, 0) is 20.1 Å². The summed E-state index contributed by atoms with van der Waals surface area (Å²) in [5.41, 5.74) is 1.02. The molecule has 1 aromatic heterocycles. The fourth-order valence-corrected chi connectivity index (χ4v) is 3.97. The van der Waals surface area contributed by atoms with Gasteiger partial charge in [0, 0.05) is 18.1 Å². The second-order valence-corrected chi connectivity index (χ2v) is 6.61. The van der Waals surface area contributed by atoms with Gasteiger partial charge < -0.3 is 10.0 Å². The monoisotopic (exact) mass is 327 g/mol. The molecule has 0 spiro atoms. The molecule has 2 heterocycles. The number of aliphatic carboxylic acids is 1. The number of thioether (sulfide) groups is 2. The quantitative estimate of drug-likeness (QED) is 0.664. The van der Waals surface area contributed by atoms with Crippen molar-refractivity contribution < 1.29 is 14.7 Å². The van der Waals surface area contributed by atoms with E-state index in [1.54, 1.807) is 25.6 Å². The van der Waals surface area contributed by atoms with E-state index in [1.807, 2.05) is 6.26 Å². The lowest BCUT2D eigenvalue weighted by Gasteiger charge is -2.33. The first-order valence-corrected chi connectivity index (χ1v) is 8.84. The molecule has 0 aliphatic carbocycles. The van der Waals surface area contributed by atoms with Crippen LogP contribution in [0.4, 0.5) is 0 Å². The number of hydrogen-bond acceptors (Lipinski definition) is 6. The Labute approximate surface area is 131 Å². The van der Waals surface area contributed by atoms with E-state index in [2.05, 4.69) is 9.97 Å². The van der Waals surface area contributed by atoms with Crippen molar-refractivity contribution >= 4 is 35.4 Å². The standard InChI is InChI=1S/C13H17N3O3S2/c1-7-10(11(20-3)15-8(2)14-7)12(17)16-4-5-21-6-9(16)13(18)19/h9H,4-6H2,1-3H3,(H,18,19). The number of aryl methyl sites for hydroxylation is 2. The Morgan fingerprint density at radius 2 is 2.10 bits per heavy atom. The van der Waals surface area contributed by atoms with Crippen molar-refractivity contribution in [3.05, 3.63) is 17.1 Å². The Kier molecular flexibility index (Phi) is 5.10. The van der Waals surface area contributed by atoms with Crippen LogP contribution in [-0.4, -0.2) is 62.2 Å². The normalized spacial score (nSPS) is 18.6. The average Bonchev–Trinajstić information content (AvgIpc) is 2.45. The SMILES string of the molecule is CSc1nc(C)nc(C)c1C(=O)N1CCSCC1C(=O)O. The van der Waals surface area contributed by atoms with Gasteiger partial charge in [-0.1, -0.05) is 0 Å². The first kappa shape index (κ1) is 16.1. The second kappa shape index (κ2) is 6.65. The molecule has 1 saturated heterocycles. The maximum Gasteiger partial charge on any atom is 0.327 e. The van der Waals surface area contributed by atoms with Crippen molar-refractivity contribution in [2.45, 2.75) is 24.9 Å². The van der Waals surface area contributed by atoms with E-state index >= 15 is 0 Å². The van der Waals surface area contributed by atoms with Gasteiger partial charge in [-0.3, -0.25) is 4.79 Å². The number of aromatic nitrogens is 2. The summed E-state index contributed by atoms with van der Waals surface area (Å²) < 4.78 is 0. The predicted molar refractivity (Wildman–Crippen MR) is 83.1 cm³/mol. The third-order valence-electron chi connectivity index (χ3n) is 3.25. The molecule has 0 radical (unpaired) electrons. The lowest BCUT2D eigenvalue weighted by Crippen LogP contribution is -2.50. The molecule has 21 heavy (non-hydrogen) atoms. The number of amides is 1. The van der Waals surface area contributed by atoms with Gasteiger partial charge in [-0.25, -0.2) is 14.8 Å². The van der Waals surface area contributed by atoms with Crippen LogP contribution in [0, 0.1) is 13.8 Å². The molecule has 1 aliphatic rings. The molecule has 1 aliphatic heterocycles. The van der Waals surface area contributed by atoms with Crippen LogP contribution >= 0.6 is 23.5 Å². The molecule has 0 bridgehead atoms. The summed E-state index contributed by atoms with van der Waals surface area (Å²) in [6, 6.07) is -0.786. The van der Waals surface area contributed by atoms with Gasteiger partial charge in [0.05, 0.1) is 11.3 Å². The molecule has 1 atom stereocenters. The highest BCUT2D eigenvalue weighted by molar-refractivity contribution is 7.99. The lowest BCUT2D eigenvalue weighted by molar-refractivity contribution is -0.141. The highest BCUT2D eigenvalue weighted by Crippen LogP contribution is 2.25. The highest BCUT2D eigenvalue weighted by Gasteiger charge is 2.34. The second-order valence-electron chi connectivity index (χ2n) is 4.67. The van der Waals surface area contributed by atoms with Crippen molar-refractivity contribution in [1.82, 2.24) is 14.9 Å². The summed E-state index contributed by atoms with van der Waals surface area (Å²) in [7, 11) is 0. The zero-order valence-corrected chi connectivity index (χ0v) is 13.8. The van der Waals surface area contributed by atoms with Crippen LogP contribution in [0.3, 0.4) is 0 Å². The molecule has 6 nitrogen and oxygen atoms in total. The van der Waals surface area contributed by atoms with Gasteiger partial charge in [0.15, 0.2) is 0 Å². The number of carbonyl (C=O) groups excluding carboxylic acids is 1. The molecule has 1 aromatic rings. The van der Waals surface area contributed by atoms with Gasteiger partial charge >= 0.3 is 5.97 Å². The number of hydrogen-bond donors (Lipinski definition) is 1. The van der Waals surface area contributed by atoms with Crippen LogP contribution in [0.25, 0.3) is 0 Å². The minimum Gasteiger partial charge on any atom is -0.480 e. The van der Waals surface area contributed by atoms with Crippen molar-refractivity contribution in [1.29, 1.82) is 0 Å². The Balaban J connectivity index is 2.41. The summed E-state index contributed by atoms with van der Waals surface area (Å²) in [6.45, 7) is 3.97. The molecule has 0 saturated carbocycles. The topological polar surface area (TPSA) is 83.4 Å². The smallest absolute Gasteiger partial charge is 0.327 e. The first-order valence-electron chi connectivity index (χ1n) is 6.46. The number of carbonyl (C=O) groups is 2. The van der Waals surface area contributed by atoms with E-state index in [0.29, 0.717) is 34.4 Å². The van der Waals surface area contributed by atoms with Crippen LogP contribution in [0.15, 0.2) is 5.03 Å². The largest absolute Gasteiger partial charge is 0.480 e. The molecule has 1 unspecified atom stereocenters. The van der Waals surface area contributed by atoms with Crippen molar-refractivity contribution in [2.75, 3.05) is 24.3 Å². The van der Waals surface area contributed by atoms with Crippen LogP contribution in [0.1, 0.15) is 21.9 Å². The summed E-state index contributed by atoms with van der Waals surface area (Å²) in [5, 5.41) is 9.90. The molecular weight excluding hydrogens is 310 g/mol. The third kappa shape index (κ3) is 3.32. The van der Waals surface area contributed by atoms with Gasteiger partial charge in [0.1, 0.15) is 16.9 Å². The van der Waals surface area contributed by atoms with Gasteiger partial charge in [0.25, 0.3) is 5.91 Å². The van der Waals surface area contributed by atoms with Gasteiger partial charge in [-0.2, -0.15) is 11.8 Å². The molecular formula is C13H17N3O3S2. The van der Waals surface area contributed by atoms with E-state index < -0.39 is 12.0 Å². The summed E-state index contributed by atoms with van der Waals surface area (Å²) in [4.78, 5) is 34.1. The van der Waals surface area contributed by atoms with Crippen molar-refractivity contribution in [3.63, 3.8) is 0 Å². The van der Waals surface area contributed by atoms with Crippen molar-refractivity contribution in [2.24, 2.45) is 0 Å². The van der Waals surface area contributed by atoms with E-state index in [1.165, 1.54) is 16.7 Å². The molecule has 0 aromatic carbocycles. The van der Waals surface area contributed by atoms with Crippen LogP contribution in [0.2, 0.25) is 0 Å². The average molecular weight is 327 g/mol. The van der Waals surface area contributed by atoms with Crippen LogP contribution in [-0.2, 0) is 4.79 Å². The Hall–Kier alpha value is -1.28. The van der Waals surface area contributed by atoms with Crippen LogP contribution < -0.4 is 0 Å². The van der Waals surface area contributed by atoms with Gasteiger partial charge in [0.2, 0.25) is 0 Å². The van der Waals surface area contributed by atoms with Crippen LogP contribution in [0.5, 0.6) is 0 Å². The third-order valence-corrected chi connectivity index (χ3v) is 4.95. The zero-order chi connectivity index (χ0) is 15.6. The van der Waals surface area contributed by atoms with Crippen molar-refractivity contribution in [3.8, 4) is 0 Å². The highest BCUT2D eigenvalue weighted by atomic mass is 32.2. The zero-order valence-electron chi connectivity index (χ0n) is 12.1. The Bertz CT molecular complexity index is 580. The van der Waals surface area contributed by atoms with E-state index in [0.717, 1.165) is 5.75 Å². The molecule has 114 valence electrons. The summed E-state index contributed by atoms with van der Waals surface area (Å²) in [6.07, 6.45) is 1.85. The van der Waals surface area contributed by atoms with E-state index in [9.17, 15) is 14.7 Å². The number of nitrogens with zero attached hydrogens (tertiary/aromatic N) is 3. The number of carboxylic acid groups (broad SMARTS) is 1. The molecule has 1 N–H and O–H groups in total. The molecule has 2 rings (SSSR count). The predicted octanol–water partition coefficient (Wildman–Crippen LogP) is 1.46. The number of rotatable bonds is 3. The van der Waals surface area contributed by atoms with Gasteiger partial charge in [-0.15, -0.1) is 11.8 Å². The summed E-state index contributed by atoms with van der Waals surface area (Å²) >= 11 is 2.93.